The van der Waals surface area contributed by atoms with Gasteiger partial charge in [0.2, 0.25) is 5.83 Å². The van der Waals surface area contributed by atoms with Crippen molar-refractivity contribution in [1.82, 2.24) is 0 Å². The third kappa shape index (κ3) is 4.73. The Hall–Kier alpha value is -2.95. The quantitative estimate of drug-likeness (QED) is 0.483. The van der Waals surface area contributed by atoms with Crippen LogP contribution in [0.4, 0.5) is 4.39 Å². The van der Waals surface area contributed by atoms with Gasteiger partial charge in [0.1, 0.15) is 6.61 Å². The molecule has 0 bridgehead atoms. The van der Waals surface area contributed by atoms with Crippen LogP contribution in [-0.2, 0) is 25.7 Å². The molecule has 0 aromatic heterocycles. The fourth-order valence-corrected chi connectivity index (χ4v) is 3.58. The summed E-state index contributed by atoms with van der Waals surface area (Å²) < 4.78 is 24.1. The highest BCUT2D eigenvalue weighted by Gasteiger charge is 2.62. The molecule has 0 unspecified atom stereocenters. The van der Waals surface area contributed by atoms with Crippen LogP contribution in [-0.4, -0.2) is 18.5 Å². The molecule has 1 saturated carbocycles. The highest BCUT2D eigenvalue weighted by molar-refractivity contribution is 5.87. The molecule has 0 aliphatic heterocycles. The number of rotatable bonds is 7. The molecule has 4 nitrogen and oxygen atoms in total. The second-order valence-corrected chi connectivity index (χ2v) is 7.73. The number of hydrogen-bond acceptors (Lipinski definition) is 4. The Kier molecular flexibility index (Phi) is 6.16. The monoisotopic (exact) mass is 396 g/mol. The number of halogens is 1. The molecule has 3 rings (SSSR count). The van der Waals surface area contributed by atoms with Crippen LogP contribution in [0.5, 0.6) is 0 Å². The molecular weight excluding hydrogens is 371 g/mol. The summed E-state index contributed by atoms with van der Waals surface area (Å²) in [6.07, 6.45) is 1.18. The van der Waals surface area contributed by atoms with Crippen LogP contribution in [0.3, 0.4) is 0 Å². The molecule has 0 spiro atoms. The van der Waals surface area contributed by atoms with E-state index in [4.69, 9.17) is 4.74 Å². The van der Waals surface area contributed by atoms with Crippen molar-refractivity contribution < 1.29 is 23.5 Å². The first-order valence-corrected chi connectivity index (χ1v) is 9.70. The maximum absolute atomic E-state index is 13.9. The highest BCUT2D eigenvalue weighted by Crippen LogP contribution is 2.60. The van der Waals surface area contributed by atoms with E-state index < -0.39 is 35.0 Å². The molecule has 0 radical (unpaired) electrons. The Balaban J connectivity index is 1.63. The summed E-state index contributed by atoms with van der Waals surface area (Å²) in [5, 5.41) is 0. The summed E-state index contributed by atoms with van der Waals surface area (Å²) in [5.74, 6) is -3.23. The smallest absolute Gasteiger partial charge is 0.366 e. The van der Waals surface area contributed by atoms with Crippen molar-refractivity contribution in [2.24, 2.45) is 17.3 Å². The van der Waals surface area contributed by atoms with Gasteiger partial charge in [-0.15, -0.1) is 0 Å². The molecule has 2 atom stereocenters. The fourth-order valence-electron chi connectivity index (χ4n) is 3.58. The van der Waals surface area contributed by atoms with E-state index in [0.29, 0.717) is 0 Å². The second kappa shape index (κ2) is 8.60. The maximum atomic E-state index is 13.9. The van der Waals surface area contributed by atoms with Crippen LogP contribution in [0.2, 0.25) is 0 Å². The predicted molar refractivity (Wildman–Crippen MR) is 108 cm³/mol. The van der Waals surface area contributed by atoms with Crippen molar-refractivity contribution >= 4 is 11.9 Å². The summed E-state index contributed by atoms with van der Waals surface area (Å²) in [6, 6.07) is 17.8. The van der Waals surface area contributed by atoms with Crippen molar-refractivity contribution in [2.45, 2.75) is 27.4 Å². The van der Waals surface area contributed by atoms with Gasteiger partial charge in [0.05, 0.1) is 12.5 Å². The Morgan fingerprint density at radius 1 is 1.03 bits per heavy atom. The number of benzene rings is 2. The van der Waals surface area contributed by atoms with Crippen molar-refractivity contribution in [1.29, 1.82) is 0 Å². The first kappa shape index (κ1) is 20.8. The lowest BCUT2D eigenvalue weighted by Gasteiger charge is -2.08. The van der Waals surface area contributed by atoms with E-state index in [9.17, 15) is 14.0 Å². The molecule has 0 amide bonds. The highest BCUT2D eigenvalue weighted by atomic mass is 19.1. The Bertz CT molecular complexity index is 917. The molecule has 0 N–H and O–H groups in total. The van der Waals surface area contributed by atoms with Gasteiger partial charge < -0.3 is 9.47 Å². The zero-order valence-electron chi connectivity index (χ0n) is 16.9. The second-order valence-electron chi connectivity index (χ2n) is 7.73. The average Bonchev–Trinajstić information content (AvgIpc) is 3.27. The van der Waals surface area contributed by atoms with Gasteiger partial charge in [0.15, 0.2) is 0 Å². The Morgan fingerprint density at radius 2 is 1.72 bits per heavy atom. The molecule has 1 fully saturated rings. The molecule has 1 aliphatic carbocycles. The normalized spacial score (nSPS) is 20.1. The molecule has 0 saturated heterocycles. The van der Waals surface area contributed by atoms with E-state index in [1.807, 2.05) is 68.4 Å². The third-order valence-corrected chi connectivity index (χ3v) is 5.38. The van der Waals surface area contributed by atoms with E-state index in [1.165, 1.54) is 6.08 Å². The van der Waals surface area contributed by atoms with Crippen LogP contribution in [0, 0.1) is 17.3 Å². The molecule has 2 aromatic rings. The Morgan fingerprint density at radius 3 is 2.41 bits per heavy atom. The Labute approximate surface area is 170 Å². The first-order chi connectivity index (χ1) is 13.8. The molecule has 0 heterocycles. The summed E-state index contributed by atoms with van der Waals surface area (Å²) in [7, 11) is 0. The number of allylic oxidation sites excluding steroid dienone is 1. The average molecular weight is 396 g/mol. The van der Waals surface area contributed by atoms with Gasteiger partial charge in [-0.2, -0.15) is 4.39 Å². The van der Waals surface area contributed by atoms with E-state index in [0.717, 1.165) is 16.7 Å². The summed E-state index contributed by atoms with van der Waals surface area (Å²) in [6.45, 7) is 5.56. The zero-order valence-corrected chi connectivity index (χ0v) is 16.9. The number of hydrogen-bond donors (Lipinski definition) is 0. The van der Waals surface area contributed by atoms with Crippen molar-refractivity contribution in [2.75, 3.05) is 6.61 Å². The van der Waals surface area contributed by atoms with E-state index in [-0.39, 0.29) is 13.2 Å². The van der Waals surface area contributed by atoms with E-state index in [2.05, 4.69) is 4.74 Å². The van der Waals surface area contributed by atoms with Crippen molar-refractivity contribution in [3.05, 3.63) is 72.1 Å². The SMILES string of the molecule is CCOC(=O)C(F)=C[C@H]1[C@@H](C(=O)OCc2cccc(-c3ccccc3)c2)C1(C)C. The summed E-state index contributed by atoms with van der Waals surface area (Å²) in [5.41, 5.74) is 2.54. The topological polar surface area (TPSA) is 52.6 Å². The number of carbonyl (C=O) groups is 2. The maximum Gasteiger partial charge on any atom is 0.366 e. The molecule has 1 aliphatic rings. The van der Waals surface area contributed by atoms with Crippen molar-refractivity contribution in [3.63, 3.8) is 0 Å². The molecule has 2 aromatic carbocycles. The summed E-state index contributed by atoms with van der Waals surface area (Å²) >= 11 is 0. The number of ether oxygens (including phenoxy) is 2. The fraction of sp³-hybridized carbons (Fsp3) is 0.333. The lowest BCUT2D eigenvalue weighted by atomic mass is 10.0. The summed E-state index contributed by atoms with van der Waals surface area (Å²) in [4.78, 5) is 24.0. The van der Waals surface area contributed by atoms with Gasteiger partial charge >= 0.3 is 11.9 Å². The van der Waals surface area contributed by atoms with Crippen LogP contribution >= 0.6 is 0 Å². The standard InChI is InChI=1S/C24H25FO4/c1-4-28-22(26)20(25)14-19-21(24(19,2)3)23(27)29-15-16-9-8-12-18(13-16)17-10-6-5-7-11-17/h5-14,19,21H,4,15H2,1-3H3/t19-,21-/m0/s1. The van der Waals surface area contributed by atoms with Gasteiger partial charge in [0, 0.05) is 0 Å². The van der Waals surface area contributed by atoms with Gasteiger partial charge in [-0.05, 0) is 47.1 Å². The molecular formula is C24H25FO4. The van der Waals surface area contributed by atoms with Crippen LogP contribution in [0.1, 0.15) is 26.3 Å². The minimum atomic E-state index is -1.000. The van der Waals surface area contributed by atoms with Gasteiger partial charge in [0.25, 0.3) is 0 Å². The number of carbonyl (C=O) groups excluding carboxylic acids is 2. The van der Waals surface area contributed by atoms with Crippen LogP contribution in [0.25, 0.3) is 11.1 Å². The van der Waals surface area contributed by atoms with Crippen molar-refractivity contribution in [3.8, 4) is 11.1 Å². The van der Waals surface area contributed by atoms with E-state index >= 15 is 0 Å². The lowest BCUT2D eigenvalue weighted by molar-refractivity contribution is -0.147. The van der Waals surface area contributed by atoms with Gasteiger partial charge in [-0.3, -0.25) is 4.79 Å². The van der Waals surface area contributed by atoms with Crippen LogP contribution < -0.4 is 0 Å². The molecule has 29 heavy (non-hydrogen) atoms. The van der Waals surface area contributed by atoms with E-state index in [1.54, 1.807) is 6.92 Å². The number of esters is 2. The predicted octanol–water partition coefficient (Wildman–Crippen LogP) is 5.09. The first-order valence-electron chi connectivity index (χ1n) is 9.70. The van der Waals surface area contributed by atoms with Gasteiger partial charge in [-0.25, -0.2) is 4.79 Å². The molecule has 152 valence electrons. The van der Waals surface area contributed by atoms with Crippen LogP contribution in [0.15, 0.2) is 66.5 Å². The van der Waals surface area contributed by atoms with Gasteiger partial charge in [-0.1, -0.05) is 62.4 Å². The minimum absolute atomic E-state index is 0.0989. The third-order valence-electron chi connectivity index (χ3n) is 5.38. The molecule has 5 heteroatoms. The largest absolute Gasteiger partial charge is 0.461 e. The zero-order chi connectivity index (χ0) is 21.0. The minimum Gasteiger partial charge on any atom is -0.461 e. The lowest BCUT2D eigenvalue weighted by Crippen LogP contribution is -2.10.